The number of halogens is 4. The number of alkyl halides is 2. The highest BCUT2D eigenvalue weighted by Crippen LogP contribution is 2.41. The van der Waals surface area contributed by atoms with Crippen LogP contribution in [0.15, 0.2) is 60.9 Å². The van der Waals surface area contributed by atoms with Crippen LogP contribution < -0.4 is 0 Å². The van der Waals surface area contributed by atoms with Crippen molar-refractivity contribution in [1.29, 1.82) is 0 Å². The first-order valence-electron chi connectivity index (χ1n) is 9.83. The van der Waals surface area contributed by atoms with E-state index in [9.17, 15) is 8.78 Å². The van der Waals surface area contributed by atoms with Crippen LogP contribution in [-0.2, 0) is 11.3 Å². The number of hydrogen-bond acceptors (Lipinski definition) is 4. The molecule has 4 aromatic rings. The molecule has 0 amide bonds. The van der Waals surface area contributed by atoms with Gasteiger partial charge in [-0.3, -0.25) is 9.97 Å². The van der Waals surface area contributed by atoms with Crippen LogP contribution in [0, 0.1) is 11.9 Å². The Morgan fingerprint density at radius 1 is 0.688 bits per heavy atom. The summed E-state index contributed by atoms with van der Waals surface area (Å²) in [5, 5.41) is 0. The summed E-state index contributed by atoms with van der Waals surface area (Å²) in [5.41, 5.74) is -0.437. The monoisotopic (exact) mass is 436 g/mol. The molecule has 5 heterocycles. The van der Waals surface area contributed by atoms with E-state index in [0.29, 0.717) is 22.8 Å². The molecule has 0 fully saturated rings. The minimum atomic E-state index is -4.03. The first kappa shape index (κ1) is 20.2. The zero-order valence-electron chi connectivity index (χ0n) is 17.1. The maximum absolute atomic E-state index is 15.4. The molecule has 0 aromatic carbocycles. The summed E-state index contributed by atoms with van der Waals surface area (Å²) < 4.78 is 59.8. The van der Waals surface area contributed by atoms with Crippen LogP contribution in [0.5, 0.6) is 0 Å². The van der Waals surface area contributed by atoms with Gasteiger partial charge in [0.2, 0.25) is 11.9 Å². The molecule has 160 valence electrons. The molecule has 0 radical (unpaired) electrons. The van der Waals surface area contributed by atoms with Gasteiger partial charge in [-0.2, -0.15) is 17.6 Å². The van der Waals surface area contributed by atoms with E-state index in [1.165, 1.54) is 0 Å². The normalized spacial score (nSPS) is 15.7. The van der Waals surface area contributed by atoms with Crippen LogP contribution >= 0.6 is 0 Å². The molecule has 0 saturated carbocycles. The fourth-order valence-electron chi connectivity index (χ4n) is 3.78. The number of nitrogens with zero attached hydrogens (tertiary/aromatic N) is 4. The van der Waals surface area contributed by atoms with Gasteiger partial charge in [0, 0.05) is 28.9 Å². The molecule has 1 aliphatic heterocycles. The first-order valence-corrected chi connectivity index (χ1v) is 9.83. The predicted molar refractivity (Wildman–Crippen MR) is 110 cm³/mol. The van der Waals surface area contributed by atoms with Gasteiger partial charge in [-0.15, -0.1) is 0 Å². The number of hydrogen-bond donors (Lipinski definition) is 0. The van der Waals surface area contributed by atoms with Gasteiger partial charge in [0.15, 0.2) is 0 Å². The maximum atomic E-state index is 15.4. The Bertz CT molecular complexity index is 1270. The molecule has 8 heteroatoms. The van der Waals surface area contributed by atoms with Crippen LogP contribution in [0.1, 0.15) is 36.4 Å². The average molecular weight is 436 g/mol. The lowest BCUT2D eigenvalue weighted by Gasteiger charge is -2.25. The Morgan fingerprint density at radius 3 is 1.56 bits per heavy atom. The third kappa shape index (κ3) is 3.05. The van der Waals surface area contributed by atoms with E-state index in [0.717, 1.165) is 24.5 Å². The Hall–Kier alpha value is -3.68. The summed E-state index contributed by atoms with van der Waals surface area (Å²) in [4.78, 5) is 16.3. The molecule has 32 heavy (non-hydrogen) atoms. The Kier molecular flexibility index (Phi) is 4.37. The van der Waals surface area contributed by atoms with E-state index in [2.05, 4.69) is 19.9 Å². The third-order valence-corrected chi connectivity index (χ3v) is 5.73. The minimum Gasteiger partial charge on any atom is -0.252 e. The van der Waals surface area contributed by atoms with E-state index in [1.807, 2.05) is 26.0 Å². The second-order valence-electron chi connectivity index (χ2n) is 8.14. The van der Waals surface area contributed by atoms with Gasteiger partial charge in [-0.1, -0.05) is 12.1 Å². The standard InChI is InChI=1S/C24H16F4N4/c1-23(2)19-7-3-5-17(31-19)13-9-15(21(25)29-11-13)24(27,28)16-10-14(12-30-22(16)26)18-6-4-8-20(23)32-18/h3-12H,1-2H3. The summed E-state index contributed by atoms with van der Waals surface area (Å²) in [5.74, 6) is -6.82. The van der Waals surface area contributed by atoms with Crippen molar-refractivity contribution >= 4 is 0 Å². The van der Waals surface area contributed by atoms with Crippen LogP contribution in [0.25, 0.3) is 22.5 Å². The zero-order valence-corrected chi connectivity index (χ0v) is 17.1. The molecule has 4 nitrogen and oxygen atoms in total. The highest BCUT2D eigenvalue weighted by atomic mass is 19.3. The van der Waals surface area contributed by atoms with Gasteiger partial charge in [-0.05, 0) is 50.2 Å². The number of pyridine rings is 4. The molecule has 5 rings (SSSR count). The molecular formula is C24H16F4N4. The summed E-state index contributed by atoms with van der Waals surface area (Å²) in [6, 6.07) is 12.3. The first-order chi connectivity index (χ1) is 15.2. The topological polar surface area (TPSA) is 51.6 Å². The quantitative estimate of drug-likeness (QED) is 0.264. The molecular weight excluding hydrogens is 420 g/mol. The van der Waals surface area contributed by atoms with Gasteiger partial charge in [-0.25, -0.2) is 9.97 Å². The van der Waals surface area contributed by atoms with Crippen molar-refractivity contribution in [3.05, 3.63) is 95.3 Å². The Morgan fingerprint density at radius 2 is 1.12 bits per heavy atom. The second kappa shape index (κ2) is 6.91. The smallest absolute Gasteiger partial charge is 0.252 e. The maximum Gasteiger partial charge on any atom is 0.307 e. The number of aromatic nitrogens is 4. The third-order valence-electron chi connectivity index (χ3n) is 5.73. The highest BCUT2D eigenvalue weighted by Gasteiger charge is 2.41. The molecule has 0 N–H and O–H groups in total. The van der Waals surface area contributed by atoms with Gasteiger partial charge < -0.3 is 0 Å². The van der Waals surface area contributed by atoms with Crippen molar-refractivity contribution in [2.75, 3.05) is 0 Å². The van der Waals surface area contributed by atoms with Crippen molar-refractivity contribution in [2.45, 2.75) is 25.2 Å². The summed E-state index contributed by atoms with van der Waals surface area (Å²) >= 11 is 0. The Balaban J connectivity index is 1.89. The van der Waals surface area contributed by atoms with Crippen molar-refractivity contribution < 1.29 is 17.6 Å². The fourth-order valence-corrected chi connectivity index (χ4v) is 3.78. The summed E-state index contributed by atoms with van der Waals surface area (Å²) in [7, 11) is 0. The SMILES string of the molecule is CC1(C)c2cccc(n2)-c2cnc(F)c(c2)C(F)(F)c2cc(cnc2F)-c2cccc1n2. The van der Waals surface area contributed by atoms with E-state index < -0.39 is 34.4 Å². The second-order valence-corrected chi connectivity index (χ2v) is 8.14. The average Bonchev–Trinajstić information content (AvgIpc) is 2.79. The molecule has 0 aliphatic carbocycles. The fraction of sp³-hybridized carbons (Fsp3) is 0.167. The van der Waals surface area contributed by atoms with Crippen LogP contribution in [0.4, 0.5) is 17.6 Å². The lowest BCUT2D eigenvalue weighted by atomic mass is 9.84. The van der Waals surface area contributed by atoms with Crippen molar-refractivity contribution in [1.82, 2.24) is 19.9 Å². The molecule has 0 atom stereocenters. The predicted octanol–water partition coefficient (Wildman–Crippen LogP) is 5.66. The molecule has 0 spiro atoms. The largest absolute Gasteiger partial charge is 0.307 e. The van der Waals surface area contributed by atoms with Crippen LogP contribution in [0.2, 0.25) is 0 Å². The summed E-state index contributed by atoms with van der Waals surface area (Å²) in [6.07, 6.45) is 2.26. The Labute approximate surface area is 181 Å². The van der Waals surface area contributed by atoms with Crippen LogP contribution in [0.3, 0.4) is 0 Å². The lowest BCUT2D eigenvalue weighted by molar-refractivity contribution is 0.0334. The van der Waals surface area contributed by atoms with Crippen molar-refractivity contribution in [3.8, 4) is 22.5 Å². The number of rotatable bonds is 0. The minimum absolute atomic E-state index is 0.182. The van der Waals surface area contributed by atoms with Gasteiger partial charge in [0.05, 0.1) is 33.9 Å². The van der Waals surface area contributed by atoms with Gasteiger partial charge in [0.1, 0.15) is 0 Å². The van der Waals surface area contributed by atoms with Crippen LogP contribution in [-0.4, -0.2) is 19.9 Å². The molecule has 8 bridgehead atoms. The summed E-state index contributed by atoms with van der Waals surface area (Å²) in [6.45, 7) is 3.88. The molecule has 1 aliphatic rings. The van der Waals surface area contributed by atoms with Gasteiger partial charge in [0.25, 0.3) is 0 Å². The molecule has 0 unspecified atom stereocenters. The van der Waals surface area contributed by atoms with Crippen molar-refractivity contribution in [2.24, 2.45) is 0 Å². The van der Waals surface area contributed by atoms with E-state index in [-0.39, 0.29) is 11.1 Å². The van der Waals surface area contributed by atoms with E-state index >= 15 is 8.78 Å². The van der Waals surface area contributed by atoms with E-state index in [1.54, 1.807) is 24.3 Å². The zero-order chi connectivity index (χ0) is 22.7. The number of fused-ring (bicyclic) bond motifs is 10. The highest BCUT2D eigenvalue weighted by molar-refractivity contribution is 5.63. The van der Waals surface area contributed by atoms with Gasteiger partial charge >= 0.3 is 5.92 Å². The lowest BCUT2D eigenvalue weighted by Crippen LogP contribution is -2.23. The van der Waals surface area contributed by atoms with E-state index in [4.69, 9.17) is 0 Å². The molecule has 4 aromatic heterocycles. The van der Waals surface area contributed by atoms with Crippen molar-refractivity contribution in [3.63, 3.8) is 0 Å². The molecule has 0 saturated heterocycles.